The van der Waals surface area contributed by atoms with E-state index in [-0.39, 0.29) is 11.5 Å². The Morgan fingerprint density at radius 2 is 2.38 bits per heavy atom. The van der Waals surface area contributed by atoms with Gasteiger partial charge in [-0.05, 0) is 24.8 Å². The molecular formula is C12H16N2O2. The molecule has 1 aromatic heterocycles. The molecule has 2 rings (SSSR count). The predicted octanol–water partition coefficient (Wildman–Crippen LogP) is 1.29. The summed E-state index contributed by atoms with van der Waals surface area (Å²) in [6.07, 6.45) is 4.88. The van der Waals surface area contributed by atoms with Gasteiger partial charge in [-0.3, -0.25) is 9.59 Å². The van der Waals surface area contributed by atoms with Crippen LogP contribution in [0.15, 0.2) is 23.1 Å². The largest absolute Gasteiger partial charge is 0.349 e. The van der Waals surface area contributed by atoms with E-state index in [1.807, 2.05) is 0 Å². The highest BCUT2D eigenvalue weighted by atomic mass is 16.2. The summed E-state index contributed by atoms with van der Waals surface area (Å²) in [6.45, 7) is 2.15. The van der Waals surface area contributed by atoms with E-state index in [9.17, 15) is 9.59 Å². The molecule has 0 aliphatic heterocycles. The lowest BCUT2D eigenvalue weighted by atomic mass is 10.2. The smallest absolute Gasteiger partial charge is 0.252 e. The van der Waals surface area contributed by atoms with Crippen molar-refractivity contribution in [1.29, 1.82) is 0 Å². The fraction of sp³-hybridized carbons (Fsp3) is 0.500. The summed E-state index contributed by atoms with van der Waals surface area (Å²) in [6, 6.07) is 3.25. The average Bonchev–Trinajstić information content (AvgIpc) is 2.98. The van der Waals surface area contributed by atoms with Crippen molar-refractivity contribution in [2.45, 2.75) is 32.2 Å². The molecule has 0 saturated heterocycles. The number of carbonyl (C=O) groups is 1. The van der Waals surface area contributed by atoms with Crippen molar-refractivity contribution in [3.05, 3.63) is 34.2 Å². The molecule has 86 valence electrons. The Kier molecular flexibility index (Phi) is 3.08. The maximum atomic E-state index is 11.7. The quantitative estimate of drug-likeness (QED) is 0.803. The molecule has 1 amide bonds. The summed E-state index contributed by atoms with van der Waals surface area (Å²) in [4.78, 5) is 25.0. The molecule has 1 aliphatic carbocycles. The first-order valence-electron chi connectivity index (χ1n) is 5.70. The van der Waals surface area contributed by atoms with Crippen molar-refractivity contribution in [2.75, 3.05) is 0 Å². The van der Waals surface area contributed by atoms with Gasteiger partial charge in [-0.25, -0.2) is 0 Å². The number of H-pyrrole nitrogens is 1. The van der Waals surface area contributed by atoms with Gasteiger partial charge in [0.25, 0.3) is 5.91 Å². The fourth-order valence-corrected chi connectivity index (χ4v) is 1.92. The van der Waals surface area contributed by atoms with Crippen LogP contribution in [-0.4, -0.2) is 16.9 Å². The first-order valence-corrected chi connectivity index (χ1v) is 5.70. The number of hydrogen-bond acceptors (Lipinski definition) is 2. The third-order valence-electron chi connectivity index (χ3n) is 2.94. The Balaban J connectivity index is 1.89. The highest BCUT2D eigenvalue weighted by molar-refractivity contribution is 5.94. The maximum absolute atomic E-state index is 11.7. The molecule has 4 heteroatoms. The van der Waals surface area contributed by atoms with E-state index in [2.05, 4.69) is 17.2 Å². The summed E-state index contributed by atoms with van der Waals surface area (Å²) in [5.41, 5.74) is 0.327. The second kappa shape index (κ2) is 4.51. The lowest BCUT2D eigenvalue weighted by Gasteiger charge is -2.03. The molecule has 0 aromatic carbocycles. The number of amides is 1. The van der Waals surface area contributed by atoms with Gasteiger partial charge >= 0.3 is 0 Å². The van der Waals surface area contributed by atoms with Crippen LogP contribution < -0.4 is 10.9 Å². The van der Waals surface area contributed by atoms with E-state index >= 15 is 0 Å². The number of rotatable bonds is 4. The van der Waals surface area contributed by atoms with E-state index in [1.165, 1.54) is 18.7 Å². The highest BCUT2D eigenvalue weighted by Gasteiger charge is 2.37. The third kappa shape index (κ3) is 2.51. The van der Waals surface area contributed by atoms with Crippen molar-refractivity contribution < 1.29 is 4.79 Å². The number of aromatic nitrogens is 1. The molecule has 1 saturated carbocycles. The Hall–Kier alpha value is -1.58. The van der Waals surface area contributed by atoms with Crippen molar-refractivity contribution >= 4 is 5.91 Å². The van der Waals surface area contributed by atoms with Crippen molar-refractivity contribution in [1.82, 2.24) is 10.3 Å². The number of pyridine rings is 1. The second-order valence-corrected chi connectivity index (χ2v) is 4.31. The van der Waals surface area contributed by atoms with Gasteiger partial charge < -0.3 is 10.3 Å². The lowest BCUT2D eigenvalue weighted by molar-refractivity contribution is 0.0948. The van der Waals surface area contributed by atoms with Gasteiger partial charge in [-0.15, -0.1) is 0 Å². The fourth-order valence-electron chi connectivity index (χ4n) is 1.92. The molecule has 1 fully saturated rings. The zero-order chi connectivity index (χ0) is 11.5. The molecule has 1 heterocycles. The van der Waals surface area contributed by atoms with Gasteiger partial charge in [-0.2, -0.15) is 0 Å². The van der Waals surface area contributed by atoms with Gasteiger partial charge in [0.1, 0.15) is 0 Å². The van der Waals surface area contributed by atoms with Gasteiger partial charge in [0.2, 0.25) is 5.56 Å². The summed E-state index contributed by atoms with van der Waals surface area (Å²) < 4.78 is 0. The number of nitrogens with one attached hydrogen (secondary N) is 2. The zero-order valence-corrected chi connectivity index (χ0v) is 9.32. The van der Waals surface area contributed by atoms with E-state index in [1.54, 1.807) is 6.07 Å². The summed E-state index contributed by atoms with van der Waals surface area (Å²) >= 11 is 0. The predicted molar refractivity (Wildman–Crippen MR) is 61.3 cm³/mol. The van der Waals surface area contributed by atoms with Gasteiger partial charge in [-0.1, -0.05) is 13.3 Å². The maximum Gasteiger partial charge on any atom is 0.252 e. The van der Waals surface area contributed by atoms with Crippen LogP contribution in [0, 0.1) is 5.92 Å². The minimum Gasteiger partial charge on any atom is -0.349 e. The topological polar surface area (TPSA) is 62.0 Å². The number of aromatic amines is 1. The van der Waals surface area contributed by atoms with Crippen molar-refractivity contribution in [3.8, 4) is 0 Å². The molecule has 1 aromatic rings. The third-order valence-corrected chi connectivity index (χ3v) is 2.94. The van der Waals surface area contributed by atoms with Gasteiger partial charge in [0, 0.05) is 18.3 Å². The zero-order valence-electron chi connectivity index (χ0n) is 9.32. The average molecular weight is 220 g/mol. The molecule has 0 bridgehead atoms. The summed E-state index contributed by atoms with van der Waals surface area (Å²) in [5, 5.41) is 2.96. The first kappa shape index (κ1) is 10.9. The summed E-state index contributed by atoms with van der Waals surface area (Å²) in [7, 11) is 0. The Labute approximate surface area is 94.1 Å². The molecular weight excluding hydrogens is 204 g/mol. The molecule has 2 atom stereocenters. The Bertz CT molecular complexity index is 418. The molecule has 2 N–H and O–H groups in total. The van der Waals surface area contributed by atoms with Crippen LogP contribution in [0.1, 0.15) is 36.5 Å². The molecule has 1 aliphatic rings. The summed E-state index contributed by atoms with van der Waals surface area (Å²) in [5.74, 6) is 0.552. The van der Waals surface area contributed by atoms with E-state index < -0.39 is 0 Å². The van der Waals surface area contributed by atoms with Crippen LogP contribution in [0.25, 0.3) is 0 Å². The van der Waals surface area contributed by atoms with Crippen LogP contribution in [-0.2, 0) is 0 Å². The van der Waals surface area contributed by atoms with E-state index in [0.29, 0.717) is 17.5 Å². The van der Waals surface area contributed by atoms with E-state index in [0.717, 1.165) is 12.8 Å². The Morgan fingerprint density at radius 1 is 1.56 bits per heavy atom. The van der Waals surface area contributed by atoms with Crippen LogP contribution >= 0.6 is 0 Å². The molecule has 16 heavy (non-hydrogen) atoms. The standard InChI is InChI=1S/C12H16N2O2/c1-2-3-8-6-10(8)14-12(16)9-4-5-11(15)13-7-9/h4-5,7-8,10H,2-3,6H2,1H3,(H,13,15)(H,14,16). The monoisotopic (exact) mass is 220 g/mol. The van der Waals surface area contributed by atoms with E-state index in [4.69, 9.17) is 0 Å². The normalized spacial score (nSPS) is 22.8. The number of carbonyl (C=O) groups excluding carboxylic acids is 1. The molecule has 0 radical (unpaired) electrons. The minimum atomic E-state index is -0.188. The van der Waals surface area contributed by atoms with Gasteiger partial charge in [0.15, 0.2) is 0 Å². The second-order valence-electron chi connectivity index (χ2n) is 4.31. The SMILES string of the molecule is CCCC1CC1NC(=O)c1ccc(=O)[nH]c1. The van der Waals surface area contributed by atoms with Crippen LogP contribution in [0.2, 0.25) is 0 Å². The van der Waals surface area contributed by atoms with Gasteiger partial charge in [0.05, 0.1) is 5.56 Å². The highest BCUT2D eigenvalue weighted by Crippen LogP contribution is 2.34. The lowest BCUT2D eigenvalue weighted by Crippen LogP contribution is -2.27. The van der Waals surface area contributed by atoms with Crippen LogP contribution in [0.3, 0.4) is 0 Å². The number of hydrogen-bond donors (Lipinski definition) is 2. The van der Waals surface area contributed by atoms with Crippen molar-refractivity contribution in [3.63, 3.8) is 0 Å². The Morgan fingerprint density at radius 3 is 3.00 bits per heavy atom. The molecule has 2 unspecified atom stereocenters. The molecule has 0 spiro atoms. The minimum absolute atomic E-state index is 0.0974. The molecule has 4 nitrogen and oxygen atoms in total. The van der Waals surface area contributed by atoms with Crippen LogP contribution in [0.5, 0.6) is 0 Å². The van der Waals surface area contributed by atoms with Crippen molar-refractivity contribution in [2.24, 2.45) is 5.92 Å². The first-order chi connectivity index (χ1) is 7.70. The van der Waals surface area contributed by atoms with Crippen LogP contribution in [0.4, 0.5) is 0 Å².